The minimum atomic E-state index is -3.06. The van der Waals surface area contributed by atoms with E-state index in [4.69, 9.17) is 0 Å². The van der Waals surface area contributed by atoms with Crippen LogP contribution in [-0.2, 0) is 9.84 Å². The number of carbonyl (C=O) groups is 1. The first-order valence-electron chi connectivity index (χ1n) is 5.61. The zero-order valence-corrected chi connectivity index (χ0v) is 12.4. The van der Waals surface area contributed by atoms with Crippen LogP contribution < -0.4 is 0 Å². The number of likely N-dealkylation sites (tertiary alicyclic amines) is 1. The quantitative estimate of drug-likeness (QED) is 0.828. The Kier molecular flexibility index (Phi) is 3.77. The number of sulfone groups is 1. The topological polar surface area (TPSA) is 54.5 Å². The first-order valence-corrected chi connectivity index (χ1v) is 8.36. The Morgan fingerprint density at radius 3 is 2.72 bits per heavy atom. The van der Waals surface area contributed by atoms with Gasteiger partial charge in [-0.05, 0) is 24.6 Å². The zero-order valence-electron chi connectivity index (χ0n) is 9.97. The molecule has 1 saturated heterocycles. The molecular formula is C12H14BrNO3S. The van der Waals surface area contributed by atoms with E-state index in [-0.39, 0.29) is 5.91 Å². The predicted molar refractivity (Wildman–Crippen MR) is 73.3 cm³/mol. The lowest BCUT2D eigenvalue weighted by atomic mass is 10.2. The summed E-state index contributed by atoms with van der Waals surface area (Å²) >= 11 is 3.32. The molecule has 0 N–H and O–H groups in total. The summed E-state index contributed by atoms with van der Waals surface area (Å²) in [5, 5.41) is -0.423. The number of amides is 1. The fourth-order valence-electron chi connectivity index (χ4n) is 2.07. The third kappa shape index (κ3) is 2.92. The predicted octanol–water partition coefficient (Wildman–Crippen LogP) is 1.71. The minimum Gasteiger partial charge on any atom is -0.337 e. The van der Waals surface area contributed by atoms with Crippen molar-refractivity contribution in [3.8, 4) is 0 Å². The first kappa shape index (κ1) is 13.5. The average molecular weight is 332 g/mol. The first-order chi connectivity index (χ1) is 8.38. The standard InChI is InChI=1S/C12H14BrNO3S/c1-18(16,17)11-5-6-14(8-11)12(15)9-3-2-4-10(13)7-9/h2-4,7,11H,5-6,8H2,1H3. The van der Waals surface area contributed by atoms with Crippen LogP contribution in [-0.4, -0.2) is 43.8 Å². The van der Waals surface area contributed by atoms with Crippen molar-refractivity contribution in [2.75, 3.05) is 19.3 Å². The molecule has 2 rings (SSSR count). The maximum Gasteiger partial charge on any atom is 0.253 e. The molecule has 0 spiro atoms. The van der Waals surface area contributed by atoms with Gasteiger partial charge >= 0.3 is 0 Å². The maximum atomic E-state index is 12.2. The SMILES string of the molecule is CS(=O)(=O)C1CCN(C(=O)c2cccc(Br)c2)C1. The molecular weight excluding hydrogens is 318 g/mol. The van der Waals surface area contributed by atoms with Crippen molar-refractivity contribution in [3.63, 3.8) is 0 Å². The summed E-state index contributed by atoms with van der Waals surface area (Å²) in [5.74, 6) is -0.109. The van der Waals surface area contributed by atoms with Crippen LogP contribution in [0.3, 0.4) is 0 Å². The summed E-state index contributed by atoms with van der Waals surface area (Å²) < 4.78 is 23.7. The van der Waals surface area contributed by atoms with Crippen molar-refractivity contribution in [2.45, 2.75) is 11.7 Å². The van der Waals surface area contributed by atoms with E-state index in [2.05, 4.69) is 15.9 Å². The molecule has 1 aliphatic rings. The normalized spacial score (nSPS) is 20.1. The number of carbonyl (C=O) groups excluding carboxylic acids is 1. The summed E-state index contributed by atoms with van der Waals surface area (Å²) in [6, 6.07) is 7.12. The molecule has 1 amide bonds. The third-order valence-electron chi connectivity index (χ3n) is 3.11. The molecule has 0 saturated carbocycles. The van der Waals surface area contributed by atoms with Crippen molar-refractivity contribution in [2.24, 2.45) is 0 Å². The summed E-state index contributed by atoms with van der Waals surface area (Å²) in [4.78, 5) is 13.8. The fraction of sp³-hybridized carbons (Fsp3) is 0.417. The zero-order chi connectivity index (χ0) is 13.3. The molecule has 6 heteroatoms. The van der Waals surface area contributed by atoms with Crippen LogP contribution in [0.4, 0.5) is 0 Å². The van der Waals surface area contributed by atoms with Gasteiger partial charge in [-0.1, -0.05) is 22.0 Å². The van der Waals surface area contributed by atoms with E-state index in [0.29, 0.717) is 25.1 Å². The largest absolute Gasteiger partial charge is 0.337 e. The van der Waals surface area contributed by atoms with Crippen molar-refractivity contribution < 1.29 is 13.2 Å². The lowest BCUT2D eigenvalue weighted by Crippen LogP contribution is -2.31. The van der Waals surface area contributed by atoms with Gasteiger partial charge in [0.2, 0.25) is 0 Å². The summed E-state index contributed by atoms with van der Waals surface area (Å²) in [6.07, 6.45) is 1.75. The lowest BCUT2D eigenvalue weighted by Gasteiger charge is -2.16. The van der Waals surface area contributed by atoms with E-state index in [9.17, 15) is 13.2 Å². The average Bonchev–Trinajstić information content (AvgIpc) is 2.77. The molecule has 0 aromatic heterocycles. The van der Waals surface area contributed by atoms with Gasteiger partial charge in [-0.15, -0.1) is 0 Å². The second-order valence-corrected chi connectivity index (χ2v) is 7.74. The van der Waals surface area contributed by atoms with E-state index in [1.54, 1.807) is 23.1 Å². The van der Waals surface area contributed by atoms with Gasteiger partial charge in [0.05, 0.1) is 5.25 Å². The number of halogens is 1. The molecule has 18 heavy (non-hydrogen) atoms. The smallest absolute Gasteiger partial charge is 0.253 e. The molecule has 1 aromatic carbocycles. The molecule has 0 bridgehead atoms. The number of nitrogens with zero attached hydrogens (tertiary/aromatic N) is 1. The van der Waals surface area contributed by atoms with Crippen LogP contribution in [0.15, 0.2) is 28.7 Å². The van der Waals surface area contributed by atoms with E-state index in [1.807, 2.05) is 6.07 Å². The fourth-order valence-corrected chi connectivity index (χ4v) is 3.45. The number of rotatable bonds is 2. The van der Waals surface area contributed by atoms with Crippen molar-refractivity contribution in [1.29, 1.82) is 0 Å². The molecule has 1 atom stereocenters. The Bertz CT molecular complexity index is 570. The Labute approximate surface area is 115 Å². The van der Waals surface area contributed by atoms with Gasteiger partial charge < -0.3 is 4.90 Å². The monoisotopic (exact) mass is 331 g/mol. The van der Waals surface area contributed by atoms with E-state index >= 15 is 0 Å². The van der Waals surface area contributed by atoms with Gasteiger partial charge in [-0.2, -0.15) is 0 Å². The van der Waals surface area contributed by atoms with Gasteiger partial charge in [0.25, 0.3) is 5.91 Å². The second kappa shape index (κ2) is 5.01. The summed E-state index contributed by atoms with van der Waals surface area (Å²) in [7, 11) is -3.06. The highest BCUT2D eigenvalue weighted by atomic mass is 79.9. The maximum absolute atomic E-state index is 12.2. The lowest BCUT2D eigenvalue weighted by molar-refractivity contribution is 0.0793. The Hall–Kier alpha value is -0.880. The Morgan fingerprint density at radius 2 is 2.17 bits per heavy atom. The van der Waals surface area contributed by atoms with E-state index in [0.717, 1.165) is 4.47 Å². The molecule has 0 radical (unpaired) electrons. The van der Waals surface area contributed by atoms with Crippen molar-refractivity contribution in [1.82, 2.24) is 4.90 Å². The van der Waals surface area contributed by atoms with Crippen molar-refractivity contribution in [3.05, 3.63) is 34.3 Å². The van der Waals surface area contributed by atoms with Crippen LogP contribution in [0, 0.1) is 0 Å². The van der Waals surface area contributed by atoms with E-state index < -0.39 is 15.1 Å². The molecule has 4 nitrogen and oxygen atoms in total. The van der Waals surface area contributed by atoms with Crippen molar-refractivity contribution >= 4 is 31.7 Å². The number of benzene rings is 1. The van der Waals surface area contributed by atoms with Crippen LogP contribution in [0.5, 0.6) is 0 Å². The Balaban J connectivity index is 2.13. The van der Waals surface area contributed by atoms with Crippen LogP contribution in [0.25, 0.3) is 0 Å². The highest BCUT2D eigenvalue weighted by Gasteiger charge is 2.32. The minimum absolute atomic E-state index is 0.109. The summed E-state index contributed by atoms with van der Waals surface area (Å²) in [5.41, 5.74) is 0.582. The second-order valence-electron chi connectivity index (χ2n) is 4.50. The van der Waals surface area contributed by atoms with Gasteiger partial charge in [0, 0.05) is 29.4 Å². The summed E-state index contributed by atoms with van der Waals surface area (Å²) in [6.45, 7) is 0.799. The third-order valence-corrected chi connectivity index (χ3v) is 5.20. The van der Waals surface area contributed by atoms with Gasteiger partial charge in [-0.25, -0.2) is 8.42 Å². The molecule has 1 heterocycles. The highest BCUT2D eigenvalue weighted by molar-refractivity contribution is 9.10. The van der Waals surface area contributed by atoms with Crippen LogP contribution in [0.1, 0.15) is 16.8 Å². The molecule has 98 valence electrons. The van der Waals surface area contributed by atoms with Crippen LogP contribution in [0.2, 0.25) is 0 Å². The Morgan fingerprint density at radius 1 is 1.44 bits per heavy atom. The number of hydrogen-bond acceptors (Lipinski definition) is 3. The highest BCUT2D eigenvalue weighted by Crippen LogP contribution is 2.20. The van der Waals surface area contributed by atoms with Gasteiger partial charge in [0.1, 0.15) is 0 Å². The van der Waals surface area contributed by atoms with Gasteiger partial charge in [0.15, 0.2) is 9.84 Å². The molecule has 1 aromatic rings. The molecule has 0 aliphatic carbocycles. The molecule has 1 fully saturated rings. The van der Waals surface area contributed by atoms with E-state index in [1.165, 1.54) is 6.26 Å². The number of hydrogen-bond donors (Lipinski definition) is 0. The van der Waals surface area contributed by atoms with Gasteiger partial charge in [-0.3, -0.25) is 4.79 Å². The molecule has 1 aliphatic heterocycles. The van der Waals surface area contributed by atoms with Crippen LogP contribution >= 0.6 is 15.9 Å². The molecule has 1 unspecified atom stereocenters.